The third kappa shape index (κ3) is 5.22. The maximum atomic E-state index is 9.47. The van der Waals surface area contributed by atoms with Crippen LogP contribution in [0.4, 0.5) is 22.7 Å². The van der Waals surface area contributed by atoms with Crippen molar-refractivity contribution in [1.82, 2.24) is 0 Å². The van der Waals surface area contributed by atoms with Crippen LogP contribution in [0.5, 0.6) is 5.75 Å². The molecule has 0 saturated heterocycles. The van der Waals surface area contributed by atoms with Crippen LogP contribution < -0.4 is 9.64 Å². The molecule has 5 aromatic carbocycles. The lowest BCUT2D eigenvalue weighted by molar-refractivity contribution is 0.282. The Morgan fingerprint density at radius 2 is 1.46 bits per heavy atom. The molecule has 0 bridgehead atoms. The van der Waals surface area contributed by atoms with E-state index in [1.807, 2.05) is 97.1 Å². The average Bonchev–Trinajstić information content (AvgIpc) is 3.00. The summed E-state index contributed by atoms with van der Waals surface area (Å²) in [6.07, 6.45) is 3.93. The normalized spacial score (nSPS) is 10.8. The fourth-order valence-electron chi connectivity index (χ4n) is 4.57. The minimum Gasteiger partial charge on any atom is -0.497 e. The summed E-state index contributed by atoms with van der Waals surface area (Å²) < 4.78 is 5.33. The van der Waals surface area contributed by atoms with Gasteiger partial charge >= 0.3 is 0 Å². The van der Waals surface area contributed by atoms with Crippen molar-refractivity contribution < 1.29 is 9.84 Å². The number of aliphatic hydroxyl groups is 1. The highest BCUT2D eigenvalue weighted by atomic mass is 16.5. The number of aliphatic hydroxyl groups excluding tert-OH is 1. The van der Waals surface area contributed by atoms with Gasteiger partial charge in [0, 0.05) is 17.1 Å². The summed E-state index contributed by atoms with van der Waals surface area (Å²) in [5, 5.41) is 20.5. The van der Waals surface area contributed by atoms with Crippen molar-refractivity contribution in [2.45, 2.75) is 6.61 Å². The van der Waals surface area contributed by atoms with Crippen LogP contribution >= 0.6 is 0 Å². The number of nitriles is 1. The summed E-state index contributed by atoms with van der Waals surface area (Å²) in [6, 6.07) is 35.4. The molecule has 0 saturated carbocycles. The summed E-state index contributed by atoms with van der Waals surface area (Å²) in [7, 11) is 1.65. The summed E-state index contributed by atoms with van der Waals surface area (Å²) in [6.45, 7) is 7.74. The zero-order valence-electron chi connectivity index (χ0n) is 21.4. The molecule has 5 aromatic rings. The van der Waals surface area contributed by atoms with Crippen molar-refractivity contribution in [3.63, 3.8) is 0 Å². The number of rotatable bonds is 7. The van der Waals surface area contributed by atoms with Gasteiger partial charge in [0.25, 0.3) is 0 Å². The van der Waals surface area contributed by atoms with Crippen LogP contribution in [0.25, 0.3) is 27.8 Å². The third-order valence-electron chi connectivity index (χ3n) is 6.61. The molecule has 5 heteroatoms. The zero-order valence-corrected chi connectivity index (χ0v) is 21.4. The van der Waals surface area contributed by atoms with Crippen molar-refractivity contribution in [2.75, 3.05) is 12.0 Å². The van der Waals surface area contributed by atoms with Crippen LogP contribution in [0.15, 0.2) is 103 Å². The number of anilines is 3. The van der Waals surface area contributed by atoms with Crippen molar-refractivity contribution in [3.05, 3.63) is 137 Å². The van der Waals surface area contributed by atoms with E-state index >= 15 is 0 Å². The van der Waals surface area contributed by atoms with Gasteiger partial charge in [0.15, 0.2) is 0 Å². The van der Waals surface area contributed by atoms with Gasteiger partial charge in [0.2, 0.25) is 5.69 Å². The number of nitrogens with zero attached hydrogens (tertiary/aromatic N) is 3. The Hall–Kier alpha value is -5.36. The van der Waals surface area contributed by atoms with E-state index in [1.165, 1.54) is 0 Å². The molecule has 39 heavy (non-hydrogen) atoms. The van der Waals surface area contributed by atoms with E-state index in [1.54, 1.807) is 13.2 Å². The number of hydrogen-bond acceptors (Lipinski definition) is 4. The predicted octanol–water partition coefficient (Wildman–Crippen LogP) is 8.40. The SMILES string of the molecule is [C-]#[N+]c1c(C=Cc2ccc(N(c3ccc(CO)cc3)c3ccc(OC)cc3)cc2)ccc2c(C#N)cccc12. The molecule has 0 aliphatic carbocycles. The highest BCUT2D eigenvalue weighted by Gasteiger charge is 2.13. The first kappa shape index (κ1) is 25.3. The van der Waals surface area contributed by atoms with Gasteiger partial charge in [-0.15, -0.1) is 0 Å². The minimum absolute atomic E-state index is 0.00421. The lowest BCUT2D eigenvalue weighted by Crippen LogP contribution is -2.10. The largest absolute Gasteiger partial charge is 0.497 e. The van der Waals surface area contributed by atoms with Crippen molar-refractivity contribution >= 4 is 45.7 Å². The Morgan fingerprint density at radius 1 is 0.821 bits per heavy atom. The third-order valence-corrected chi connectivity index (χ3v) is 6.61. The van der Waals surface area contributed by atoms with Gasteiger partial charge in [-0.3, -0.25) is 0 Å². The van der Waals surface area contributed by atoms with E-state index in [4.69, 9.17) is 11.3 Å². The minimum atomic E-state index is -0.00421. The van der Waals surface area contributed by atoms with Crippen LogP contribution in [-0.4, -0.2) is 12.2 Å². The van der Waals surface area contributed by atoms with Crippen LogP contribution in [0.2, 0.25) is 0 Å². The van der Waals surface area contributed by atoms with Gasteiger partial charge in [-0.05, 0) is 82.1 Å². The average molecular weight is 508 g/mol. The molecule has 0 aromatic heterocycles. The highest BCUT2D eigenvalue weighted by molar-refractivity contribution is 6.01. The second-order valence-electron chi connectivity index (χ2n) is 8.91. The molecule has 0 radical (unpaired) electrons. The molecule has 188 valence electrons. The molecule has 0 heterocycles. The molecular weight excluding hydrogens is 482 g/mol. The second-order valence-corrected chi connectivity index (χ2v) is 8.91. The van der Waals surface area contributed by atoms with Gasteiger partial charge in [-0.1, -0.05) is 60.7 Å². The number of methoxy groups -OCH3 is 1. The fourth-order valence-corrected chi connectivity index (χ4v) is 4.57. The van der Waals surface area contributed by atoms with Crippen molar-refractivity contribution in [1.29, 1.82) is 5.26 Å². The molecule has 0 fully saturated rings. The molecule has 5 nitrogen and oxygen atoms in total. The van der Waals surface area contributed by atoms with E-state index in [-0.39, 0.29) is 6.61 Å². The highest BCUT2D eigenvalue weighted by Crippen LogP contribution is 2.36. The molecule has 0 amide bonds. The maximum absolute atomic E-state index is 9.47. The quantitative estimate of drug-likeness (QED) is 0.177. The number of ether oxygens (including phenoxy) is 1. The van der Waals surface area contributed by atoms with Gasteiger partial charge in [-0.25, -0.2) is 4.85 Å². The monoisotopic (exact) mass is 507 g/mol. The Morgan fingerprint density at radius 3 is 2.05 bits per heavy atom. The molecule has 0 aliphatic rings. The Balaban J connectivity index is 1.48. The van der Waals surface area contributed by atoms with Gasteiger partial charge in [-0.2, -0.15) is 5.26 Å². The number of fused-ring (bicyclic) bond motifs is 1. The first-order chi connectivity index (χ1) is 19.1. The smallest absolute Gasteiger partial charge is 0.202 e. The summed E-state index contributed by atoms with van der Waals surface area (Å²) in [5.74, 6) is 0.783. The van der Waals surface area contributed by atoms with E-state index in [0.717, 1.165) is 50.3 Å². The fraction of sp³-hybridized carbons (Fsp3) is 0.0588. The first-order valence-electron chi connectivity index (χ1n) is 12.4. The topological polar surface area (TPSA) is 60.9 Å². The zero-order chi connectivity index (χ0) is 27.2. The van der Waals surface area contributed by atoms with Crippen LogP contribution in [0, 0.1) is 17.9 Å². The first-order valence-corrected chi connectivity index (χ1v) is 12.4. The molecule has 0 spiro atoms. The van der Waals surface area contributed by atoms with Crippen LogP contribution in [0.3, 0.4) is 0 Å². The molecule has 1 N–H and O–H groups in total. The lowest BCUT2D eigenvalue weighted by Gasteiger charge is -2.26. The number of hydrogen-bond donors (Lipinski definition) is 1. The standard InChI is InChI=1S/C34H25N3O2/c1-36-34-26(12-21-32-27(22-35)4-3-5-33(32)34)11-6-24-7-13-28(14-8-24)37(29-15-9-25(23-38)10-16-29)30-17-19-31(39-2)20-18-30/h3-21,38H,23H2,2H3. The predicted molar refractivity (Wildman–Crippen MR) is 157 cm³/mol. The van der Waals surface area contributed by atoms with E-state index in [0.29, 0.717) is 11.3 Å². The van der Waals surface area contributed by atoms with Gasteiger partial charge in [0.05, 0.1) is 31.9 Å². The Labute approximate surface area is 227 Å². The Bertz CT molecular complexity index is 1680. The van der Waals surface area contributed by atoms with Crippen LogP contribution in [0.1, 0.15) is 22.3 Å². The summed E-state index contributed by atoms with van der Waals surface area (Å²) in [4.78, 5) is 5.91. The Kier molecular flexibility index (Phi) is 7.37. The molecular formula is C34H25N3O2. The lowest BCUT2D eigenvalue weighted by atomic mass is 9.99. The second kappa shape index (κ2) is 11.4. The van der Waals surface area contributed by atoms with Crippen molar-refractivity contribution in [3.8, 4) is 11.8 Å². The van der Waals surface area contributed by atoms with Gasteiger partial charge in [0.1, 0.15) is 5.75 Å². The molecule has 5 rings (SSSR count). The van der Waals surface area contributed by atoms with Gasteiger partial charge < -0.3 is 14.7 Å². The molecule has 0 atom stereocenters. The van der Waals surface area contributed by atoms with Crippen molar-refractivity contribution in [2.24, 2.45) is 0 Å². The number of benzene rings is 5. The molecule has 0 unspecified atom stereocenters. The van der Waals surface area contributed by atoms with E-state index in [9.17, 15) is 10.4 Å². The van der Waals surface area contributed by atoms with Crippen LogP contribution in [-0.2, 0) is 6.61 Å². The summed E-state index contributed by atoms with van der Waals surface area (Å²) >= 11 is 0. The van der Waals surface area contributed by atoms with E-state index in [2.05, 4.69) is 27.9 Å². The summed E-state index contributed by atoms with van der Waals surface area (Å²) in [5.41, 5.74) is 6.67. The molecule has 0 aliphatic heterocycles. The maximum Gasteiger partial charge on any atom is 0.202 e. The van der Waals surface area contributed by atoms with E-state index < -0.39 is 0 Å².